The van der Waals surface area contributed by atoms with Crippen LogP contribution in [0.25, 0.3) is 0 Å². The van der Waals surface area contributed by atoms with Gasteiger partial charge >= 0.3 is 15.5 Å². The summed E-state index contributed by atoms with van der Waals surface area (Å²) in [5, 5.41) is 0. The summed E-state index contributed by atoms with van der Waals surface area (Å²) in [6, 6.07) is 5.25. The lowest BCUT2D eigenvalue weighted by molar-refractivity contribution is -0.0492. The Hall–Kier alpha value is -0.830. The third kappa shape index (κ3) is 3.08. The summed E-state index contributed by atoms with van der Waals surface area (Å²) < 4.78 is 60.6. The molecular formula is C11H14ClF3N2O2S. The lowest BCUT2D eigenvalue weighted by atomic mass is 9.99. The molecule has 2 rings (SSSR count). The van der Waals surface area contributed by atoms with Gasteiger partial charge in [0.2, 0.25) is 0 Å². The van der Waals surface area contributed by atoms with Crippen LogP contribution in [0.1, 0.15) is 16.7 Å². The fraction of sp³-hybridized carbons (Fsp3) is 0.455. The second kappa shape index (κ2) is 5.88. The second-order valence-corrected chi connectivity index (χ2v) is 6.27. The van der Waals surface area contributed by atoms with E-state index in [4.69, 9.17) is 5.73 Å². The predicted octanol–water partition coefficient (Wildman–Crippen LogP) is 1.77. The van der Waals surface area contributed by atoms with Gasteiger partial charge in [0.25, 0.3) is 0 Å². The van der Waals surface area contributed by atoms with Crippen molar-refractivity contribution in [1.29, 1.82) is 0 Å². The second-order valence-electron chi connectivity index (χ2n) is 4.34. The Kier molecular flexibility index (Phi) is 5.07. The molecule has 0 unspecified atom stereocenters. The van der Waals surface area contributed by atoms with Crippen molar-refractivity contribution in [2.24, 2.45) is 5.73 Å². The molecule has 1 aliphatic rings. The van der Waals surface area contributed by atoms with Gasteiger partial charge in [0, 0.05) is 19.6 Å². The van der Waals surface area contributed by atoms with Gasteiger partial charge in [-0.2, -0.15) is 17.5 Å². The number of alkyl halides is 3. The van der Waals surface area contributed by atoms with Crippen LogP contribution in [0.3, 0.4) is 0 Å². The molecule has 0 atom stereocenters. The molecule has 1 aliphatic heterocycles. The third-order valence-electron chi connectivity index (χ3n) is 3.12. The first-order chi connectivity index (χ1) is 8.75. The third-order valence-corrected chi connectivity index (χ3v) is 4.69. The minimum Gasteiger partial charge on any atom is -0.326 e. The number of hydrogen-bond donors (Lipinski definition) is 1. The number of benzene rings is 1. The van der Waals surface area contributed by atoms with E-state index in [0.717, 1.165) is 11.1 Å². The van der Waals surface area contributed by atoms with Crippen molar-refractivity contribution in [3.05, 3.63) is 34.9 Å². The zero-order valence-electron chi connectivity index (χ0n) is 10.4. The monoisotopic (exact) mass is 330 g/mol. The first-order valence-electron chi connectivity index (χ1n) is 5.63. The van der Waals surface area contributed by atoms with Crippen LogP contribution < -0.4 is 5.73 Å². The van der Waals surface area contributed by atoms with Crippen molar-refractivity contribution in [3.63, 3.8) is 0 Å². The Morgan fingerprint density at radius 1 is 1.25 bits per heavy atom. The smallest absolute Gasteiger partial charge is 0.326 e. The molecule has 9 heteroatoms. The van der Waals surface area contributed by atoms with E-state index in [9.17, 15) is 21.6 Å². The summed E-state index contributed by atoms with van der Waals surface area (Å²) in [5.41, 5.74) is 2.43. The van der Waals surface area contributed by atoms with Crippen molar-refractivity contribution in [2.75, 3.05) is 6.54 Å². The van der Waals surface area contributed by atoms with Crippen molar-refractivity contribution >= 4 is 22.4 Å². The Morgan fingerprint density at radius 2 is 1.90 bits per heavy atom. The molecule has 0 saturated carbocycles. The van der Waals surface area contributed by atoms with Crippen LogP contribution in [0.4, 0.5) is 13.2 Å². The lowest BCUT2D eigenvalue weighted by Gasteiger charge is -2.28. The van der Waals surface area contributed by atoms with Crippen LogP contribution >= 0.6 is 12.4 Å². The minimum absolute atomic E-state index is 0. The first-order valence-corrected chi connectivity index (χ1v) is 7.07. The van der Waals surface area contributed by atoms with Crippen molar-refractivity contribution in [3.8, 4) is 0 Å². The number of halogens is 4. The van der Waals surface area contributed by atoms with E-state index < -0.39 is 15.5 Å². The Labute approximate surface area is 121 Å². The molecule has 0 saturated heterocycles. The van der Waals surface area contributed by atoms with E-state index in [0.29, 0.717) is 9.87 Å². The molecule has 1 heterocycles. The van der Waals surface area contributed by atoms with Gasteiger partial charge in [-0.15, -0.1) is 12.4 Å². The summed E-state index contributed by atoms with van der Waals surface area (Å²) in [6.07, 6.45) is 0.273. The molecule has 0 spiro atoms. The van der Waals surface area contributed by atoms with Crippen LogP contribution in [-0.4, -0.2) is 24.8 Å². The van der Waals surface area contributed by atoms with Gasteiger partial charge in [-0.05, 0) is 23.1 Å². The highest BCUT2D eigenvalue weighted by Crippen LogP contribution is 2.31. The number of fused-ring (bicyclic) bond motifs is 1. The summed E-state index contributed by atoms with van der Waals surface area (Å²) in [6.45, 7) is -0.152. The fourth-order valence-corrected chi connectivity index (χ4v) is 3.00. The normalized spacial score (nSPS) is 16.4. The van der Waals surface area contributed by atoms with Gasteiger partial charge in [-0.25, -0.2) is 8.42 Å². The molecule has 1 aromatic rings. The number of nitrogens with two attached hydrogens (primary N) is 1. The van der Waals surface area contributed by atoms with Gasteiger partial charge in [0.05, 0.1) is 0 Å². The average Bonchev–Trinajstić information content (AvgIpc) is 2.36. The topological polar surface area (TPSA) is 63.4 Å². The summed E-state index contributed by atoms with van der Waals surface area (Å²) in [4.78, 5) is 0. The van der Waals surface area contributed by atoms with Crippen LogP contribution in [-0.2, 0) is 29.5 Å². The van der Waals surface area contributed by atoms with Crippen molar-refractivity contribution in [1.82, 2.24) is 4.31 Å². The molecule has 0 aromatic heterocycles. The number of sulfonamides is 1. The average molecular weight is 331 g/mol. The van der Waals surface area contributed by atoms with E-state index in [1.54, 1.807) is 18.2 Å². The zero-order valence-corrected chi connectivity index (χ0v) is 12.0. The van der Waals surface area contributed by atoms with Gasteiger partial charge < -0.3 is 5.73 Å². The molecule has 0 aliphatic carbocycles. The maximum Gasteiger partial charge on any atom is 0.511 e. The van der Waals surface area contributed by atoms with Crippen LogP contribution in [0.15, 0.2) is 18.2 Å². The van der Waals surface area contributed by atoms with E-state index in [2.05, 4.69) is 0 Å². The van der Waals surface area contributed by atoms with Crippen LogP contribution in [0.2, 0.25) is 0 Å². The molecule has 20 heavy (non-hydrogen) atoms. The van der Waals surface area contributed by atoms with Crippen LogP contribution in [0.5, 0.6) is 0 Å². The maximum absolute atomic E-state index is 12.5. The standard InChI is InChI=1S/C11H13F3N2O2S.ClH/c12-11(13,14)19(17,18)16-4-3-9-2-1-8(6-15)5-10(9)7-16;/h1-2,5H,3-4,6-7,15H2;1H. The summed E-state index contributed by atoms with van der Waals surface area (Å²) >= 11 is 0. The Bertz CT molecular complexity index is 590. The highest BCUT2D eigenvalue weighted by Gasteiger charge is 2.50. The van der Waals surface area contributed by atoms with Crippen LogP contribution in [0, 0.1) is 0 Å². The number of rotatable bonds is 2. The molecule has 0 radical (unpaired) electrons. The zero-order chi connectivity index (χ0) is 14.3. The highest BCUT2D eigenvalue weighted by atomic mass is 35.5. The quantitative estimate of drug-likeness (QED) is 0.899. The lowest BCUT2D eigenvalue weighted by Crippen LogP contribution is -2.43. The maximum atomic E-state index is 12.5. The Morgan fingerprint density at radius 3 is 2.45 bits per heavy atom. The molecule has 114 valence electrons. The molecule has 0 bridgehead atoms. The van der Waals surface area contributed by atoms with Gasteiger partial charge in [0.1, 0.15) is 0 Å². The summed E-state index contributed by atoms with van der Waals surface area (Å²) in [5.74, 6) is 0. The van der Waals surface area contributed by atoms with Crippen molar-refractivity contribution < 1.29 is 21.6 Å². The van der Waals surface area contributed by atoms with Gasteiger partial charge in [-0.3, -0.25) is 0 Å². The molecule has 0 amide bonds. The van der Waals surface area contributed by atoms with E-state index in [-0.39, 0.29) is 38.5 Å². The van der Waals surface area contributed by atoms with Gasteiger partial charge in [-0.1, -0.05) is 18.2 Å². The first kappa shape index (κ1) is 17.2. The fourth-order valence-electron chi connectivity index (χ4n) is 2.06. The largest absolute Gasteiger partial charge is 0.511 e. The predicted molar refractivity (Wildman–Crippen MR) is 70.7 cm³/mol. The molecule has 0 fully saturated rings. The SMILES string of the molecule is Cl.NCc1ccc2c(c1)CN(S(=O)(=O)C(F)(F)F)CC2. The number of hydrogen-bond acceptors (Lipinski definition) is 3. The highest BCUT2D eigenvalue weighted by molar-refractivity contribution is 7.89. The Balaban J connectivity index is 0.00000200. The van der Waals surface area contributed by atoms with E-state index in [1.807, 2.05) is 0 Å². The summed E-state index contributed by atoms with van der Waals surface area (Å²) in [7, 11) is -5.26. The molecule has 2 N–H and O–H groups in total. The molecule has 4 nitrogen and oxygen atoms in total. The van der Waals surface area contributed by atoms with E-state index in [1.165, 1.54) is 0 Å². The molecular weight excluding hydrogens is 317 g/mol. The van der Waals surface area contributed by atoms with Crippen molar-refractivity contribution in [2.45, 2.75) is 25.0 Å². The van der Waals surface area contributed by atoms with Gasteiger partial charge in [0.15, 0.2) is 0 Å². The van der Waals surface area contributed by atoms with E-state index >= 15 is 0 Å². The minimum atomic E-state index is -5.26. The number of nitrogens with zero attached hydrogens (tertiary/aromatic N) is 1. The molecule has 1 aromatic carbocycles.